The van der Waals surface area contributed by atoms with E-state index < -0.39 is 0 Å². The van der Waals surface area contributed by atoms with Crippen LogP contribution in [0.25, 0.3) is 6.08 Å². The van der Waals surface area contributed by atoms with Crippen LogP contribution in [0.15, 0.2) is 76.1 Å². The van der Waals surface area contributed by atoms with Gasteiger partial charge >= 0.3 is 0 Å². The van der Waals surface area contributed by atoms with E-state index in [1.807, 2.05) is 55.5 Å². The standard InChI is InChI=1S/C24H17BrFNO2S2/c1-15-4-2-3-5-20(15)27-23(28)22(31-24(27)30)13-17-8-11-21(19(25)12-17)29-14-16-6-9-18(26)10-7-16/h2-13H,14H2,1H3/b22-13-. The number of benzene rings is 3. The van der Waals surface area contributed by atoms with E-state index in [1.54, 1.807) is 17.0 Å². The number of rotatable bonds is 5. The number of ether oxygens (including phenoxy) is 1. The highest BCUT2D eigenvalue weighted by atomic mass is 79.9. The average molecular weight is 514 g/mol. The molecule has 1 aliphatic heterocycles. The van der Waals surface area contributed by atoms with Gasteiger partial charge in [0.15, 0.2) is 4.32 Å². The zero-order valence-electron chi connectivity index (χ0n) is 16.5. The minimum atomic E-state index is -0.276. The molecule has 31 heavy (non-hydrogen) atoms. The lowest BCUT2D eigenvalue weighted by Crippen LogP contribution is -2.28. The largest absolute Gasteiger partial charge is 0.488 e. The number of aryl methyl sites for hydroxylation is 1. The lowest BCUT2D eigenvalue weighted by molar-refractivity contribution is -0.113. The lowest BCUT2D eigenvalue weighted by atomic mass is 10.1. The number of hydrogen-bond donors (Lipinski definition) is 0. The van der Waals surface area contributed by atoms with Crippen molar-refractivity contribution in [2.75, 3.05) is 4.90 Å². The number of anilines is 1. The first kappa shape index (κ1) is 21.7. The number of thiocarbonyl (C=S) groups is 1. The molecule has 1 aliphatic rings. The van der Waals surface area contributed by atoms with Crippen molar-refractivity contribution < 1.29 is 13.9 Å². The van der Waals surface area contributed by atoms with Gasteiger partial charge in [-0.25, -0.2) is 4.39 Å². The van der Waals surface area contributed by atoms with Crippen LogP contribution in [-0.2, 0) is 11.4 Å². The molecule has 1 saturated heterocycles. The minimum absolute atomic E-state index is 0.128. The summed E-state index contributed by atoms with van der Waals surface area (Å²) in [4.78, 5) is 15.1. The van der Waals surface area contributed by atoms with Crippen molar-refractivity contribution in [3.63, 3.8) is 0 Å². The van der Waals surface area contributed by atoms with Crippen LogP contribution in [-0.4, -0.2) is 10.2 Å². The van der Waals surface area contributed by atoms with E-state index in [-0.39, 0.29) is 11.7 Å². The highest BCUT2D eigenvalue weighted by Crippen LogP contribution is 2.38. The van der Waals surface area contributed by atoms with Crippen molar-refractivity contribution in [1.29, 1.82) is 0 Å². The van der Waals surface area contributed by atoms with Crippen LogP contribution in [0.2, 0.25) is 0 Å². The number of para-hydroxylation sites is 1. The molecule has 0 unspecified atom stereocenters. The summed E-state index contributed by atoms with van der Waals surface area (Å²) >= 11 is 10.3. The van der Waals surface area contributed by atoms with Crippen molar-refractivity contribution >= 4 is 61.9 Å². The third kappa shape index (κ3) is 4.89. The fourth-order valence-electron chi connectivity index (χ4n) is 3.11. The molecule has 0 aliphatic carbocycles. The summed E-state index contributed by atoms with van der Waals surface area (Å²) in [7, 11) is 0. The molecular weight excluding hydrogens is 497 g/mol. The third-order valence-electron chi connectivity index (χ3n) is 4.71. The summed E-state index contributed by atoms with van der Waals surface area (Å²) < 4.78 is 20.1. The topological polar surface area (TPSA) is 29.5 Å². The SMILES string of the molecule is Cc1ccccc1N1C(=O)/C(=C/c2ccc(OCc3ccc(F)cc3)c(Br)c2)SC1=S. The molecule has 0 aromatic heterocycles. The molecule has 0 atom stereocenters. The summed E-state index contributed by atoms with van der Waals surface area (Å²) in [5, 5.41) is 0. The second kappa shape index (κ2) is 9.34. The second-order valence-corrected chi connectivity index (χ2v) is 9.44. The number of thioether (sulfide) groups is 1. The normalized spacial score (nSPS) is 15.1. The molecular formula is C24H17BrFNO2S2. The van der Waals surface area contributed by atoms with E-state index in [0.717, 1.165) is 26.9 Å². The quantitative estimate of drug-likeness (QED) is 0.274. The Balaban J connectivity index is 1.50. The fourth-order valence-corrected chi connectivity index (χ4v) is 4.90. The summed E-state index contributed by atoms with van der Waals surface area (Å²) in [6.07, 6.45) is 1.83. The predicted molar refractivity (Wildman–Crippen MR) is 132 cm³/mol. The highest BCUT2D eigenvalue weighted by molar-refractivity contribution is 9.10. The molecule has 3 aromatic carbocycles. The Labute approximate surface area is 198 Å². The van der Waals surface area contributed by atoms with Crippen LogP contribution < -0.4 is 9.64 Å². The highest BCUT2D eigenvalue weighted by Gasteiger charge is 2.33. The monoisotopic (exact) mass is 513 g/mol. The molecule has 1 amide bonds. The van der Waals surface area contributed by atoms with Gasteiger partial charge in [0.2, 0.25) is 0 Å². The van der Waals surface area contributed by atoms with Gasteiger partial charge in [0.25, 0.3) is 5.91 Å². The van der Waals surface area contributed by atoms with Gasteiger partial charge in [0, 0.05) is 0 Å². The zero-order chi connectivity index (χ0) is 22.0. The third-order valence-corrected chi connectivity index (χ3v) is 6.63. The van der Waals surface area contributed by atoms with E-state index in [9.17, 15) is 9.18 Å². The van der Waals surface area contributed by atoms with Crippen molar-refractivity contribution in [2.24, 2.45) is 0 Å². The molecule has 4 rings (SSSR count). The molecule has 0 spiro atoms. The number of nitrogens with zero attached hydrogens (tertiary/aromatic N) is 1. The van der Waals surface area contributed by atoms with Gasteiger partial charge in [-0.05, 0) is 76.0 Å². The molecule has 1 fully saturated rings. The first-order valence-corrected chi connectivity index (χ1v) is 11.4. The summed E-state index contributed by atoms with van der Waals surface area (Å²) in [5.74, 6) is 0.258. The molecule has 3 nitrogen and oxygen atoms in total. The number of halogens is 2. The van der Waals surface area contributed by atoms with E-state index in [0.29, 0.717) is 21.6 Å². The maximum Gasteiger partial charge on any atom is 0.270 e. The summed E-state index contributed by atoms with van der Waals surface area (Å²) in [6.45, 7) is 2.28. The average Bonchev–Trinajstić information content (AvgIpc) is 3.02. The number of amides is 1. The van der Waals surface area contributed by atoms with Crippen molar-refractivity contribution in [3.8, 4) is 5.75 Å². The number of carbonyl (C=O) groups excluding carboxylic acids is 1. The van der Waals surface area contributed by atoms with Crippen LogP contribution in [0.5, 0.6) is 5.75 Å². The van der Waals surface area contributed by atoms with Crippen molar-refractivity contribution in [3.05, 3.63) is 98.6 Å². The zero-order valence-corrected chi connectivity index (χ0v) is 19.7. The van der Waals surface area contributed by atoms with Gasteiger partial charge in [0.05, 0.1) is 15.1 Å². The molecule has 0 N–H and O–H groups in total. The Kier molecular flexibility index (Phi) is 6.55. The number of carbonyl (C=O) groups is 1. The Morgan fingerprint density at radius 1 is 1.13 bits per heavy atom. The molecule has 0 bridgehead atoms. The Bertz CT molecular complexity index is 1190. The second-order valence-electron chi connectivity index (χ2n) is 6.91. The first-order chi connectivity index (χ1) is 14.9. The molecule has 0 saturated carbocycles. The van der Waals surface area contributed by atoms with Crippen LogP contribution in [0.1, 0.15) is 16.7 Å². The maximum absolute atomic E-state index is 13.0. The summed E-state index contributed by atoms with van der Waals surface area (Å²) in [5.41, 5.74) is 3.52. The molecule has 7 heteroatoms. The first-order valence-electron chi connectivity index (χ1n) is 9.43. The van der Waals surface area contributed by atoms with E-state index in [1.165, 1.54) is 23.9 Å². The van der Waals surface area contributed by atoms with E-state index in [2.05, 4.69) is 15.9 Å². The Morgan fingerprint density at radius 3 is 2.58 bits per heavy atom. The molecule has 1 heterocycles. The molecule has 156 valence electrons. The summed E-state index contributed by atoms with van der Waals surface area (Å²) in [6, 6.07) is 19.5. The van der Waals surface area contributed by atoms with Crippen molar-refractivity contribution in [2.45, 2.75) is 13.5 Å². The molecule has 0 radical (unpaired) electrons. The van der Waals surface area contributed by atoms with Gasteiger partial charge in [-0.15, -0.1) is 0 Å². The van der Waals surface area contributed by atoms with Gasteiger partial charge in [-0.1, -0.05) is 60.4 Å². The van der Waals surface area contributed by atoms with Crippen LogP contribution in [0.3, 0.4) is 0 Å². The predicted octanol–water partition coefficient (Wildman–Crippen LogP) is 6.88. The van der Waals surface area contributed by atoms with E-state index in [4.69, 9.17) is 17.0 Å². The van der Waals surface area contributed by atoms with Crippen molar-refractivity contribution in [1.82, 2.24) is 0 Å². The van der Waals surface area contributed by atoms with Gasteiger partial charge in [-0.3, -0.25) is 9.69 Å². The lowest BCUT2D eigenvalue weighted by Gasteiger charge is -2.16. The number of hydrogen-bond acceptors (Lipinski definition) is 4. The van der Waals surface area contributed by atoms with E-state index >= 15 is 0 Å². The van der Waals surface area contributed by atoms with Gasteiger partial charge < -0.3 is 4.74 Å². The fraction of sp³-hybridized carbons (Fsp3) is 0.0833. The van der Waals surface area contributed by atoms with Gasteiger partial charge in [0.1, 0.15) is 18.2 Å². The minimum Gasteiger partial charge on any atom is -0.488 e. The molecule has 3 aromatic rings. The van der Waals surface area contributed by atoms with Crippen LogP contribution in [0, 0.1) is 12.7 Å². The van der Waals surface area contributed by atoms with Crippen LogP contribution >= 0.6 is 39.9 Å². The smallest absolute Gasteiger partial charge is 0.270 e. The van der Waals surface area contributed by atoms with Gasteiger partial charge in [-0.2, -0.15) is 0 Å². The maximum atomic E-state index is 13.0. The van der Waals surface area contributed by atoms with Crippen LogP contribution in [0.4, 0.5) is 10.1 Å². The Morgan fingerprint density at radius 2 is 1.87 bits per heavy atom. The Hall–Kier alpha value is -2.48.